The van der Waals surface area contributed by atoms with Crippen molar-refractivity contribution in [3.05, 3.63) is 53.1 Å². The number of likely N-dealkylation sites (tertiary alicyclic amines) is 1. The van der Waals surface area contributed by atoms with Crippen LogP contribution >= 0.6 is 0 Å². The number of aromatic nitrogens is 3. The van der Waals surface area contributed by atoms with E-state index >= 15 is 0 Å². The van der Waals surface area contributed by atoms with Gasteiger partial charge in [-0.3, -0.25) is 4.79 Å². The summed E-state index contributed by atoms with van der Waals surface area (Å²) >= 11 is 0. The van der Waals surface area contributed by atoms with Crippen LogP contribution in [-0.2, 0) is 0 Å². The molecule has 3 aromatic rings. The van der Waals surface area contributed by atoms with Crippen LogP contribution in [0.4, 0.5) is 10.2 Å². The minimum absolute atomic E-state index is 0.0185. The minimum atomic E-state index is -0.569. The van der Waals surface area contributed by atoms with Crippen LogP contribution in [0.5, 0.6) is 5.75 Å². The maximum absolute atomic E-state index is 14.6. The fourth-order valence-electron chi connectivity index (χ4n) is 5.14. The van der Waals surface area contributed by atoms with Crippen molar-refractivity contribution >= 4 is 17.4 Å². The van der Waals surface area contributed by atoms with Gasteiger partial charge in [0.2, 0.25) is 0 Å². The lowest BCUT2D eigenvalue weighted by molar-refractivity contribution is 0.0597. The summed E-state index contributed by atoms with van der Waals surface area (Å²) in [7, 11) is 1.45. The van der Waals surface area contributed by atoms with Gasteiger partial charge >= 0.3 is 0 Å². The monoisotopic (exact) mass is 451 g/mol. The normalized spacial score (nSPS) is 21.1. The molecule has 0 N–H and O–H groups in total. The molecule has 7 nitrogen and oxygen atoms in total. The van der Waals surface area contributed by atoms with Crippen LogP contribution < -0.4 is 9.64 Å². The second-order valence-electron chi connectivity index (χ2n) is 9.29. The Labute approximate surface area is 193 Å². The first-order chi connectivity index (χ1) is 16.0. The molecule has 0 aliphatic carbocycles. The molecular weight excluding hydrogens is 421 g/mol. The number of benzene rings is 1. The predicted octanol–water partition coefficient (Wildman–Crippen LogP) is 4.40. The van der Waals surface area contributed by atoms with Gasteiger partial charge in [0.05, 0.1) is 18.8 Å². The Morgan fingerprint density at radius 3 is 2.82 bits per heavy atom. The molecule has 33 heavy (non-hydrogen) atoms. The Balaban J connectivity index is 1.49. The van der Waals surface area contributed by atoms with Gasteiger partial charge in [-0.05, 0) is 50.7 Å². The molecule has 2 fully saturated rings. The summed E-state index contributed by atoms with van der Waals surface area (Å²) in [5.74, 6) is 0.996. The zero-order chi connectivity index (χ0) is 23.1. The third-order valence-electron chi connectivity index (χ3n) is 6.86. The molecule has 0 bridgehead atoms. The Hall–Kier alpha value is -3.16. The zero-order valence-electron chi connectivity index (χ0n) is 19.4. The third kappa shape index (κ3) is 3.92. The fourth-order valence-corrected chi connectivity index (χ4v) is 5.14. The Bertz CT molecular complexity index is 1190. The first kappa shape index (κ1) is 21.7. The molecule has 5 rings (SSSR count). The molecule has 0 radical (unpaired) electrons. The van der Waals surface area contributed by atoms with Crippen molar-refractivity contribution in [3.63, 3.8) is 0 Å². The van der Waals surface area contributed by atoms with Crippen molar-refractivity contribution in [3.8, 4) is 5.75 Å². The third-order valence-corrected chi connectivity index (χ3v) is 6.86. The summed E-state index contributed by atoms with van der Waals surface area (Å²) in [6.45, 7) is 6.91. The molecular formula is C25H30FN5O2. The molecule has 2 saturated heterocycles. The van der Waals surface area contributed by atoms with E-state index in [2.05, 4.69) is 18.7 Å². The SMILES string of the molecule is COc1cccc(F)c1C(=O)N1CCCC[C@H]1c1cc2nc(N3CC[C@H](C)C3)c(C)cn2n1. The topological polar surface area (TPSA) is 63.0 Å². The number of nitrogens with zero attached hydrogens (tertiary/aromatic N) is 5. The standard InChI is InChI=1S/C25H30FN5O2/c1-16-10-12-29(14-16)24-17(2)15-31-22(27-24)13-19(28-31)20-8-4-5-11-30(20)25(32)23-18(26)7-6-9-21(23)33-3/h6-7,9,13,15-16,20H,4-5,8,10-12,14H2,1-3H3/t16-,20-/m0/s1. The van der Waals surface area contributed by atoms with E-state index in [0.29, 0.717) is 12.5 Å². The highest BCUT2D eigenvalue weighted by Gasteiger charge is 2.33. The lowest BCUT2D eigenvalue weighted by Crippen LogP contribution is -2.39. The van der Waals surface area contributed by atoms with Gasteiger partial charge in [0.15, 0.2) is 5.65 Å². The van der Waals surface area contributed by atoms with Gasteiger partial charge in [0.1, 0.15) is 22.9 Å². The number of methoxy groups -OCH3 is 1. The molecule has 174 valence electrons. The van der Waals surface area contributed by atoms with Crippen molar-refractivity contribution in [2.45, 2.75) is 45.6 Å². The number of fused-ring (bicyclic) bond motifs is 1. The van der Waals surface area contributed by atoms with Gasteiger partial charge in [-0.25, -0.2) is 13.9 Å². The molecule has 1 amide bonds. The number of carbonyl (C=O) groups is 1. The summed E-state index contributed by atoms with van der Waals surface area (Å²) in [5.41, 5.74) is 2.62. The van der Waals surface area contributed by atoms with E-state index in [0.717, 1.165) is 55.1 Å². The molecule has 8 heteroatoms. The zero-order valence-corrected chi connectivity index (χ0v) is 19.4. The second-order valence-corrected chi connectivity index (χ2v) is 9.29. The number of hydrogen-bond acceptors (Lipinski definition) is 5. The summed E-state index contributed by atoms with van der Waals surface area (Å²) in [6, 6.07) is 6.21. The van der Waals surface area contributed by atoms with E-state index in [1.54, 1.807) is 21.5 Å². The van der Waals surface area contributed by atoms with Crippen LogP contribution in [0.1, 0.15) is 60.3 Å². The van der Waals surface area contributed by atoms with Crippen LogP contribution in [0.25, 0.3) is 5.65 Å². The molecule has 0 unspecified atom stereocenters. The first-order valence-electron chi connectivity index (χ1n) is 11.7. The number of anilines is 1. The maximum Gasteiger partial charge on any atom is 0.261 e. The number of halogens is 1. The van der Waals surface area contributed by atoms with Gasteiger partial charge in [0.25, 0.3) is 5.91 Å². The summed E-state index contributed by atoms with van der Waals surface area (Å²) in [6.07, 6.45) is 5.83. The highest BCUT2D eigenvalue weighted by atomic mass is 19.1. The highest BCUT2D eigenvalue weighted by Crippen LogP contribution is 2.35. The van der Waals surface area contributed by atoms with Crippen LogP contribution in [-0.4, -0.2) is 52.1 Å². The van der Waals surface area contributed by atoms with Crippen molar-refractivity contribution in [2.75, 3.05) is 31.6 Å². The highest BCUT2D eigenvalue weighted by molar-refractivity contribution is 5.97. The van der Waals surface area contributed by atoms with Gasteiger partial charge in [-0.2, -0.15) is 5.10 Å². The smallest absolute Gasteiger partial charge is 0.261 e. The molecule has 2 atom stereocenters. The van der Waals surface area contributed by atoms with Crippen molar-refractivity contribution in [2.24, 2.45) is 5.92 Å². The van der Waals surface area contributed by atoms with E-state index in [-0.39, 0.29) is 23.3 Å². The first-order valence-corrected chi connectivity index (χ1v) is 11.7. The minimum Gasteiger partial charge on any atom is -0.496 e. The molecule has 2 aromatic heterocycles. The van der Waals surface area contributed by atoms with E-state index in [4.69, 9.17) is 14.8 Å². The van der Waals surface area contributed by atoms with Gasteiger partial charge in [-0.1, -0.05) is 13.0 Å². The molecule has 1 aromatic carbocycles. The summed E-state index contributed by atoms with van der Waals surface area (Å²) in [4.78, 5) is 22.5. The van der Waals surface area contributed by atoms with Crippen molar-refractivity contribution in [1.82, 2.24) is 19.5 Å². The largest absolute Gasteiger partial charge is 0.496 e. The number of piperidine rings is 1. The van der Waals surface area contributed by atoms with Gasteiger partial charge in [0, 0.05) is 37.5 Å². The average Bonchev–Trinajstić information content (AvgIpc) is 3.43. The van der Waals surface area contributed by atoms with Gasteiger partial charge < -0.3 is 14.5 Å². The lowest BCUT2D eigenvalue weighted by atomic mass is 9.98. The molecule has 4 heterocycles. The Morgan fingerprint density at radius 1 is 1.21 bits per heavy atom. The van der Waals surface area contributed by atoms with E-state index in [9.17, 15) is 9.18 Å². The molecule has 2 aliphatic heterocycles. The lowest BCUT2D eigenvalue weighted by Gasteiger charge is -2.35. The van der Waals surface area contributed by atoms with Crippen LogP contribution in [0.2, 0.25) is 0 Å². The second kappa shape index (κ2) is 8.65. The summed E-state index contributed by atoms with van der Waals surface area (Å²) in [5, 5.41) is 4.79. The molecule has 0 spiro atoms. The number of amides is 1. The van der Waals surface area contributed by atoms with Crippen LogP contribution in [0, 0.1) is 18.7 Å². The number of rotatable bonds is 4. The number of hydrogen-bond donors (Lipinski definition) is 0. The Kier molecular flexibility index (Phi) is 5.68. The Morgan fingerprint density at radius 2 is 2.06 bits per heavy atom. The van der Waals surface area contributed by atoms with Crippen molar-refractivity contribution < 1.29 is 13.9 Å². The van der Waals surface area contributed by atoms with Crippen molar-refractivity contribution in [1.29, 1.82) is 0 Å². The fraction of sp³-hybridized carbons (Fsp3) is 0.480. The maximum atomic E-state index is 14.6. The predicted molar refractivity (Wildman–Crippen MR) is 124 cm³/mol. The molecule has 2 aliphatic rings. The van der Waals surface area contributed by atoms with Crippen LogP contribution in [0.3, 0.4) is 0 Å². The van der Waals surface area contributed by atoms with E-state index in [1.165, 1.54) is 19.6 Å². The molecule has 0 saturated carbocycles. The summed E-state index contributed by atoms with van der Waals surface area (Å²) < 4.78 is 21.7. The van der Waals surface area contributed by atoms with Gasteiger partial charge in [-0.15, -0.1) is 0 Å². The average molecular weight is 452 g/mol. The number of ether oxygens (including phenoxy) is 1. The quantitative estimate of drug-likeness (QED) is 0.588. The van der Waals surface area contributed by atoms with E-state index in [1.807, 2.05) is 12.3 Å². The van der Waals surface area contributed by atoms with E-state index < -0.39 is 5.82 Å². The number of aryl methyl sites for hydroxylation is 1. The van der Waals surface area contributed by atoms with Crippen LogP contribution in [0.15, 0.2) is 30.5 Å². The number of carbonyl (C=O) groups excluding carboxylic acids is 1.